The van der Waals surface area contributed by atoms with Crippen molar-refractivity contribution in [3.63, 3.8) is 0 Å². The first-order valence-electron chi connectivity index (χ1n) is 9.79. The van der Waals surface area contributed by atoms with Crippen LogP contribution in [0.1, 0.15) is 26.3 Å². The van der Waals surface area contributed by atoms with Crippen molar-refractivity contribution in [2.24, 2.45) is 0 Å². The number of benzene rings is 3. The van der Waals surface area contributed by atoms with E-state index in [1.54, 1.807) is 0 Å². The molecular formula is C24H17F4NO5. The van der Waals surface area contributed by atoms with E-state index in [1.165, 1.54) is 24.3 Å². The second-order valence-corrected chi connectivity index (χ2v) is 6.98. The zero-order chi connectivity index (χ0) is 24.8. The Labute approximate surface area is 191 Å². The zero-order valence-corrected chi connectivity index (χ0v) is 17.6. The highest BCUT2D eigenvalue weighted by Crippen LogP contribution is 2.19. The summed E-state index contributed by atoms with van der Waals surface area (Å²) in [5, 5.41) is 2.23. The van der Waals surface area contributed by atoms with Crippen molar-refractivity contribution < 1.29 is 41.4 Å². The number of carbonyl (C=O) groups is 3. The average Bonchev–Trinajstić information content (AvgIpc) is 2.79. The topological polar surface area (TPSA) is 81.7 Å². The van der Waals surface area contributed by atoms with Gasteiger partial charge in [0.25, 0.3) is 5.91 Å². The second-order valence-electron chi connectivity index (χ2n) is 6.98. The third kappa shape index (κ3) is 5.58. The normalized spacial score (nSPS) is 11.4. The molecule has 0 heterocycles. The monoisotopic (exact) mass is 475 g/mol. The summed E-state index contributed by atoms with van der Waals surface area (Å²) in [7, 11) is 1.08. The fourth-order valence-corrected chi connectivity index (χ4v) is 3.06. The van der Waals surface area contributed by atoms with Crippen molar-refractivity contribution in [3.8, 4) is 5.75 Å². The minimum Gasteiger partial charge on any atom is -0.467 e. The highest BCUT2D eigenvalue weighted by molar-refractivity contribution is 5.97. The number of hydrogen-bond donors (Lipinski definition) is 1. The van der Waals surface area contributed by atoms with E-state index in [4.69, 9.17) is 4.74 Å². The molecule has 1 N–H and O–H groups in total. The number of ether oxygens (including phenoxy) is 2. The largest absolute Gasteiger partial charge is 0.467 e. The number of rotatable bonds is 7. The summed E-state index contributed by atoms with van der Waals surface area (Å²) in [5.41, 5.74) is -1.25. The van der Waals surface area contributed by atoms with Gasteiger partial charge in [-0.1, -0.05) is 24.3 Å². The Morgan fingerprint density at radius 1 is 0.794 bits per heavy atom. The van der Waals surface area contributed by atoms with Gasteiger partial charge in [0.05, 0.1) is 7.11 Å². The molecule has 0 bridgehead atoms. The van der Waals surface area contributed by atoms with Gasteiger partial charge >= 0.3 is 11.9 Å². The van der Waals surface area contributed by atoms with E-state index < -0.39 is 58.3 Å². The molecule has 6 nitrogen and oxygen atoms in total. The van der Waals surface area contributed by atoms with Crippen LogP contribution in [0.3, 0.4) is 0 Å². The summed E-state index contributed by atoms with van der Waals surface area (Å²) in [4.78, 5) is 36.6. The van der Waals surface area contributed by atoms with E-state index in [1.807, 2.05) is 0 Å². The fourth-order valence-electron chi connectivity index (χ4n) is 3.06. The Kier molecular flexibility index (Phi) is 7.62. The van der Waals surface area contributed by atoms with Crippen LogP contribution >= 0.6 is 0 Å². The average molecular weight is 475 g/mol. The van der Waals surface area contributed by atoms with Crippen molar-refractivity contribution >= 4 is 17.8 Å². The number of methoxy groups -OCH3 is 1. The van der Waals surface area contributed by atoms with E-state index >= 15 is 0 Å². The summed E-state index contributed by atoms with van der Waals surface area (Å²) in [5.74, 6) is -7.65. The summed E-state index contributed by atoms with van der Waals surface area (Å²) in [6.07, 6.45) is -0.134. The van der Waals surface area contributed by atoms with E-state index in [0.717, 1.165) is 43.5 Å². The smallest absolute Gasteiger partial charge is 0.349 e. The molecule has 3 aromatic rings. The number of esters is 2. The van der Waals surface area contributed by atoms with E-state index in [2.05, 4.69) is 10.1 Å². The molecular weight excluding hydrogens is 458 g/mol. The van der Waals surface area contributed by atoms with Gasteiger partial charge in [-0.3, -0.25) is 4.79 Å². The van der Waals surface area contributed by atoms with Crippen LogP contribution in [0.2, 0.25) is 0 Å². The van der Waals surface area contributed by atoms with Gasteiger partial charge in [0.15, 0.2) is 0 Å². The van der Waals surface area contributed by atoms with Crippen LogP contribution in [0.4, 0.5) is 17.6 Å². The van der Waals surface area contributed by atoms with Crippen LogP contribution in [0.5, 0.6) is 5.75 Å². The Balaban J connectivity index is 1.72. The number of amides is 1. The number of carbonyl (C=O) groups excluding carboxylic acids is 3. The molecule has 0 radical (unpaired) electrons. The lowest BCUT2D eigenvalue weighted by Gasteiger charge is -2.17. The van der Waals surface area contributed by atoms with E-state index in [9.17, 15) is 31.9 Å². The molecule has 0 aliphatic rings. The Bertz CT molecular complexity index is 1190. The van der Waals surface area contributed by atoms with Gasteiger partial charge < -0.3 is 14.8 Å². The van der Waals surface area contributed by atoms with Crippen LogP contribution < -0.4 is 10.1 Å². The van der Waals surface area contributed by atoms with Crippen molar-refractivity contribution in [3.05, 3.63) is 101 Å². The van der Waals surface area contributed by atoms with Crippen molar-refractivity contribution in [1.29, 1.82) is 0 Å². The van der Waals surface area contributed by atoms with Gasteiger partial charge in [-0.05, 0) is 42.0 Å². The quantitative estimate of drug-likeness (QED) is 0.318. The number of halogens is 4. The predicted molar refractivity (Wildman–Crippen MR) is 111 cm³/mol. The molecule has 10 heteroatoms. The molecule has 0 spiro atoms. The van der Waals surface area contributed by atoms with Crippen molar-refractivity contribution in [2.45, 2.75) is 12.5 Å². The minimum absolute atomic E-state index is 0.0384. The Hall–Kier alpha value is -4.21. The van der Waals surface area contributed by atoms with Crippen LogP contribution in [0.15, 0.2) is 60.7 Å². The molecule has 0 unspecified atom stereocenters. The highest BCUT2D eigenvalue weighted by Gasteiger charge is 2.26. The van der Waals surface area contributed by atoms with Crippen molar-refractivity contribution in [2.75, 3.05) is 7.11 Å². The van der Waals surface area contributed by atoms with Crippen LogP contribution in [-0.2, 0) is 16.0 Å². The standard InChI is InChI=1S/C24H17F4NO5/c1-33-23(31)19(29-22(30)20-15(25)4-2-5-16(20)26)12-13-8-10-14(11-9-13)34-24(32)21-17(27)6-3-7-18(21)28/h2-11,19H,12H2,1H3,(H,29,30)/t19-/m0/s1. The van der Waals surface area contributed by atoms with E-state index in [-0.39, 0.29) is 12.2 Å². The van der Waals surface area contributed by atoms with Crippen molar-refractivity contribution in [1.82, 2.24) is 5.32 Å². The molecule has 176 valence electrons. The maximum Gasteiger partial charge on any atom is 0.349 e. The van der Waals surface area contributed by atoms with Crippen LogP contribution in [-0.4, -0.2) is 31.0 Å². The number of hydrogen-bond acceptors (Lipinski definition) is 5. The van der Waals surface area contributed by atoms with Gasteiger partial charge in [-0.25, -0.2) is 27.2 Å². The molecule has 0 fully saturated rings. The molecule has 1 amide bonds. The first-order chi connectivity index (χ1) is 16.2. The lowest BCUT2D eigenvalue weighted by Crippen LogP contribution is -2.43. The van der Waals surface area contributed by atoms with Gasteiger partial charge in [-0.15, -0.1) is 0 Å². The molecule has 3 rings (SSSR count). The van der Waals surface area contributed by atoms with Gasteiger partial charge in [0.1, 0.15) is 46.2 Å². The maximum absolute atomic E-state index is 13.9. The van der Waals surface area contributed by atoms with Crippen LogP contribution in [0.25, 0.3) is 0 Å². The SMILES string of the molecule is COC(=O)[C@H](Cc1ccc(OC(=O)c2c(F)cccc2F)cc1)NC(=O)c1c(F)cccc1F. The molecule has 0 aliphatic carbocycles. The van der Waals surface area contributed by atoms with Gasteiger partial charge in [0, 0.05) is 6.42 Å². The summed E-state index contributed by atoms with van der Waals surface area (Å²) in [6, 6.07) is 9.99. The molecule has 0 aromatic heterocycles. The zero-order valence-electron chi connectivity index (χ0n) is 17.6. The first kappa shape index (κ1) is 24.4. The summed E-state index contributed by atoms with van der Waals surface area (Å²) in [6.45, 7) is 0. The molecule has 0 saturated heterocycles. The summed E-state index contributed by atoms with van der Waals surface area (Å²) < 4.78 is 64.8. The number of nitrogens with one attached hydrogen (secondary N) is 1. The Morgan fingerprint density at radius 2 is 1.29 bits per heavy atom. The van der Waals surface area contributed by atoms with E-state index in [0.29, 0.717) is 5.56 Å². The molecule has 0 saturated carbocycles. The molecule has 1 atom stereocenters. The van der Waals surface area contributed by atoms with Gasteiger partial charge in [0.2, 0.25) is 0 Å². The molecule has 34 heavy (non-hydrogen) atoms. The maximum atomic E-state index is 13.9. The third-order valence-corrected chi connectivity index (χ3v) is 4.72. The molecule has 3 aromatic carbocycles. The predicted octanol–water partition coefficient (Wildman–Crippen LogP) is 3.98. The summed E-state index contributed by atoms with van der Waals surface area (Å²) >= 11 is 0. The second kappa shape index (κ2) is 10.6. The Morgan fingerprint density at radius 3 is 1.79 bits per heavy atom. The highest BCUT2D eigenvalue weighted by atomic mass is 19.1. The van der Waals surface area contributed by atoms with Crippen LogP contribution in [0, 0.1) is 23.3 Å². The first-order valence-corrected chi connectivity index (χ1v) is 9.79. The third-order valence-electron chi connectivity index (χ3n) is 4.72. The molecule has 0 aliphatic heterocycles. The fraction of sp³-hybridized carbons (Fsp3) is 0.125. The lowest BCUT2D eigenvalue weighted by molar-refractivity contribution is -0.142. The van der Waals surface area contributed by atoms with Gasteiger partial charge in [-0.2, -0.15) is 0 Å². The lowest BCUT2D eigenvalue weighted by atomic mass is 10.0. The minimum atomic E-state index is -1.29.